The van der Waals surface area contributed by atoms with Gasteiger partial charge in [0.05, 0.1) is 0 Å². The first-order valence-electron chi connectivity index (χ1n) is 0. The van der Waals surface area contributed by atoms with E-state index in [1.165, 1.54) is 0 Å². The maximum Gasteiger partial charge on any atom is 2.00 e. The summed E-state index contributed by atoms with van der Waals surface area (Å²) >= 11 is 0. The van der Waals surface area contributed by atoms with Crippen LogP contribution < -0.4 is 0 Å². The first-order chi connectivity index (χ1) is 0. The Morgan fingerprint density at radius 1 is 0.750 bits per heavy atom. The molecule has 0 aliphatic carbocycles. The molecule has 0 fully saturated rings. The topological polar surface area (TPSA) is 60.0 Å². The van der Waals surface area contributed by atoms with Gasteiger partial charge in [0.2, 0.25) is 0 Å². The first kappa shape index (κ1) is 57.5. The molecule has 0 heterocycles. The van der Waals surface area contributed by atoms with Crippen molar-refractivity contribution in [2.75, 3.05) is 0 Å². The number of hydrogen-bond donors (Lipinski definition) is 0. The molecule has 2 N–H and O–H groups in total. The van der Waals surface area contributed by atoms with Crippen LogP contribution in [0.2, 0.25) is 0 Å². The van der Waals surface area contributed by atoms with E-state index in [0.717, 1.165) is 0 Å². The van der Waals surface area contributed by atoms with E-state index in [0.29, 0.717) is 0 Å². The minimum absolute atomic E-state index is 0. The van der Waals surface area contributed by atoms with Crippen LogP contribution >= 0.6 is 0 Å². The van der Waals surface area contributed by atoms with Crippen LogP contribution in [-0.4, -0.2) is 34.0 Å². The Kier molecular flexibility index (Phi) is 396. The van der Waals surface area contributed by atoms with E-state index < -0.39 is 0 Å². The van der Waals surface area contributed by atoms with Crippen LogP contribution in [-0.2, 0) is 19.5 Å². The molecule has 4 heavy (non-hydrogen) atoms. The Bertz CT molecular complexity index is 6.00. The van der Waals surface area contributed by atoms with Crippen LogP contribution in [0.4, 0.5) is 0 Å². The second kappa shape index (κ2) is 27.5. The molecular weight excluding hydrogens is 122 g/mol. The second-order valence-corrected chi connectivity index (χ2v) is 0. The van der Waals surface area contributed by atoms with Crippen molar-refractivity contribution in [3.05, 3.63) is 0 Å². The van der Waals surface area contributed by atoms with Crippen molar-refractivity contribution >= 4 is 23.1 Å². The van der Waals surface area contributed by atoms with Crippen molar-refractivity contribution in [3.63, 3.8) is 0 Å². The van der Waals surface area contributed by atoms with Crippen molar-refractivity contribution in [2.45, 2.75) is 0 Å². The van der Waals surface area contributed by atoms with Gasteiger partial charge in [0.1, 0.15) is 0 Å². The summed E-state index contributed by atoms with van der Waals surface area (Å²) in [5.41, 5.74) is 0. The maximum atomic E-state index is 0. The molecule has 0 aromatic rings. The van der Waals surface area contributed by atoms with Gasteiger partial charge in [-0.05, 0) is 0 Å². The van der Waals surface area contributed by atoms with E-state index in [1.54, 1.807) is 0 Å². The van der Waals surface area contributed by atoms with Crippen molar-refractivity contribution < 1.29 is 30.4 Å². The monoisotopic (exact) mass is 122 g/mol. The molecule has 2 nitrogen and oxygen atoms in total. The first-order valence-corrected chi connectivity index (χ1v) is 0. The maximum absolute atomic E-state index is 0. The smallest absolute Gasteiger partial charge is 0.870 e. The summed E-state index contributed by atoms with van der Waals surface area (Å²) in [7, 11) is 0. The molecule has 0 spiro atoms. The van der Waals surface area contributed by atoms with Gasteiger partial charge in [-0.25, -0.2) is 0 Å². The van der Waals surface area contributed by atoms with Crippen molar-refractivity contribution in [3.8, 4) is 0 Å². The zero-order valence-corrected chi connectivity index (χ0v) is 6.69. The fourth-order valence-electron chi connectivity index (χ4n) is 0. The molecule has 0 aliphatic heterocycles. The summed E-state index contributed by atoms with van der Waals surface area (Å²) in [5.74, 6) is 0. The predicted octanol–water partition coefficient (Wildman–Crippen LogP) is -0.737. The van der Waals surface area contributed by atoms with Gasteiger partial charge in [-0.1, -0.05) is 0 Å². The molecule has 0 bridgehead atoms. The minimum Gasteiger partial charge on any atom is -0.870 e. The van der Waals surface area contributed by atoms with Gasteiger partial charge in [0.15, 0.2) is 0 Å². The third-order valence-electron chi connectivity index (χ3n) is 0. The molecule has 0 radical (unpaired) electrons. The van der Waals surface area contributed by atoms with Crippen LogP contribution in [0.25, 0.3) is 0 Å². The van der Waals surface area contributed by atoms with Crippen LogP contribution in [0.3, 0.4) is 0 Å². The molecule has 0 aromatic carbocycles. The third kappa shape index (κ3) is 10.3. The van der Waals surface area contributed by atoms with Gasteiger partial charge in [-0.2, -0.15) is 0 Å². The molecule has 4 heteroatoms. The molecular formula is H2MgO2Zn+2. The Labute approximate surface area is 53.5 Å². The van der Waals surface area contributed by atoms with Gasteiger partial charge in [-0.3, -0.25) is 0 Å². The molecule has 0 amide bonds. The zero-order valence-electron chi connectivity index (χ0n) is 2.31. The van der Waals surface area contributed by atoms with Crippen molar-refractivity contribution in [1.82, 2.24) is 0 Å². The fourth-order valence-corrected chi connectivity index (χ4v) is 0. The van der Waals surface area contributed by atoms with Gasteiger partial charge < -0.3 is 11.0 Å². The summed E-state index contributed by atoms with van der Waals surface area (Å²) in [5, 5.41) is 0. The summed E-state index contributed by atoms with van der Waals surface area (Å²) in [4.78, 5) is 0. The van der Waals surface area contributed by atoms with Crippen molar-refractivity contribution in [2.24, 2.45) is 0 Å². The van der Waals surface area contributed by atoms with E-state index in [9.17, 15) is 0 Å². The summed E-state index contributed by atoms with van der Waals surface area (Å²) in [6.45, 7) is 0. The Balaban J connectivity index is 0. The molecule has 0 aromatic heterocycles. The predicted molar refractivity (Wildman–Crippen MR) is 9.63 cm³/mol. The zero-order chi connectivity index (χ0) is 0. The molecule has 0 atom stereocenters. The van der Waals surface area contributed by atoms with Crippen LogP contribution in [0.5, 0.6) is 0 Å². The molecule has 0 aliphatic rings. The van der Waals surface area contributed by atoms with Gasteiger partial charge >= 0.3 is 42.5 Å². The van der Waals surface area contributed by atoms with Crippen LogP contribution in [0, 0.1) is 0 Å². The van der Waals surface area contributed by atoms with Gasteiger partial charge in [0, 0.05) is 0 Å². The van der Waals surface area contributed by atoms with Crippen LogP contribution in [0.15, 0.2) is 0 Å². The average molecular weight is 124 g/mol. The Morgan fingerprint density at radius 2 is 0.750 bits per heavy atom. The average Bonchev–Trinajstić information content (AvgIpc) is 0. The van der Waals surface area contributed by atoms with E-state index in [4.69, 9.17) is 0 Å². The number of rotatable bonds is 0. The van der Waals surface area contributed by atoms with Gasteiger partial charge in [0.25, 0.3) is 0 Å². The Hall–Kier alpha value is 1.31. The normalized spacial score (nSPS) is 0. The van der Waals surface area contributed by atoms with Crippen molar-refractivity contribution in [1.29, 1.82) is 0 Å². The van der Waals surface area contributed by atoms with E-state index in [1.807, 2.05) is 0 Å². The second-order valence-electron chi connectivity index (χ2n) is 0. The molecule has 0 rings (SSSR count). The standard InChI is InChI=1S/Mg.2H2O.Zn/h;2*1H2;/q+2;;;+2/p-2. The molecule has 0 saturated heterocycles. The number of hydrogen-bond acceptors (Lipinski definition) is 2. The quantitative estimate of drug-likeness (QED) is 0.399. The van der Waals surface area contributed by atoms with E-state index >= 15 is 0 Å². The minimum atomic E-state index is 0. The molecule has 0 saturated carbocycles. The molecule has 16 valence electrons. The molecule has 0 unspecified atom stereocenters. The summed E-state index contributed by atoms with van der Waals surface area (Å²) in [6.07, 6.45) is 0. The summed E-state index contributed by atoms with van der Waals surface area (Å²) < 4.78 is 0. The summed E-state index contributed by atoms with van der Waals surface area (Å²) in [6, 6.07) is 0. The largest absolute Gasteiger partial charge is 2.00 e. The Morgan fingerprint density at radius 3 is 0.750 bits per heavy atom. The SMILES string of the molecule is [Mg+2].[OH-].[OH-].[Zn+2]. The van der Waals surface area contributed by atoms with E-state index in [-0.39, 0.29) is 53.5 Å². The fraction of sp³-hybridized carbons (Fsp3) is 0. The van der Waals surface area contributed by atoms with Gasteiger partial charge in [-0.15, -0.1) is 0 Å². The van der Waals surface area contributed by atoms with Crippen LogP contribution in [0.1, 0.15) is 0 Å². The van der Waals surface area contributed by atoms with E-state index in [2.05, 4.69) is 0 Å². The third-order valence-corrected chi connectivity index (χ3v) is 0.